The Hall–Kier alpha value is -2.40. The minimum absolute atomic E-state index is 0.00944. The van der Waals surface area contributed by atoms with Crippen LogP contribution in [0.1, 0.15) is 35.9 Å². The Bertz CT molecular complexity index is 1090. The molecule has 1 heterocycles. The molecule has 0 amide bonds. The van der Waals surface area contributed by atoms with Gasteiger partial charge in [-0.2, -0.15) is 0 Å². The Labute approximate surface area is 176 Å². The van der Waals surface area contributed by atoms with Crippen molar-refractivity contribution < 1.29 is 26.6 Å². The fourth-order valence-electron chi connectivity index (χ4n) is 3.39. The van der Waals surface area contributed by atoms with Crippen LogP contribution in [0.4, 0.5) is 8.78 Å². The highest BCUT2D eigenvalue weighted by Crippen LogP contribution is 2.44. The second-order valence-corrected chi connectivity index (χ2v) is 9.96. The fraction of sp³-hybridized carbons (Fsp3) is 0.368. The number of hydrogen-bond acceptors (Lipinski definition) is 7. The van der Waals surface area contributed by atoms with Gasteiger partial charge in [-0.3, -0.25) is 4.72 Å². The van der Waals surface area contributed by atoms with Gasteiger partial charge in [0.15, 0.2) is 12.0 Å². The van der Waals surface area contributed by atoms with Crippen molar-refractivity contribution in [3.63, 3.8) is 0 Å². The molecule has 30 heavy (non-hydrogen) atoms. The SMILES string of the molecule is COC1=CC=CCC1SC1=CCC(S(=O)(=O)NC2=C(F)C(F)CC=C2)c2nonc21. The molecule has 3 atom stereocenters. The lowest BCUT2D eigenvalue weighted by molar-refractivity contribution is 0.280. The number of nitrogens with one attached hydrogen (secondary N) is 1. The van der Waals surface area contributed by atoms with Gasteiger partial charge in [-0.05, 0) is 30.2 Å². The molecular weight excluding hydrogens is 436 g/mol. The van der Waals surface area contributed by atoms with E-state index in [2.05, 4.69) is 15.0 Å². The Morgan fingerprint density at radius 2 is 2.10 bits per heavy atom. The zero-order chi connectivity index (χ0) is 21.3. The third kappa shape index (κ3) is 3.95. The molecule has 0 radical (unpaired) electrons. The first-order valence-corrected chi connectivity index (χ1v) is 11.7. The second kappa shape index (κ2) is 8.38. The van der Waals surface area contributed by atoms with Crippen molar-refractivity contribution in [2.45, 2.75) is 35.9 Å². The number of alkyl halides is 1. The molecule has 0 saturated heterocycles. The second-order valence-electron chi connectivity index (χ2n) is 6.85. The number of hydrogen-bond donors (Lipinski definition) is 1. The molecule has 0 saturated carbocycles. The number of rotatable bonds is 6. The van der Waals surface area contributed by atoms with Gasteiger partial charge in [-0.15, -0.1) is 11.8 Å². The number of halogens is 2. The van der Waals surface area contributed by atoms with E-state index < -0.39 is 33.0 Å². The summed E-state index contributed by atoms with van der Waals surface area (Å²) in [5.74, 6) is -0.337. The number of fused-ring (bicyclic) bond motifs is 1. The average Bonchev–Trinajstić information content (AvgIpc) is 3.22. The minimum Gasteiger partial charge on any atom is -0.500 e. The zero-order valence-corrected chi connectivity index (χ0v) is 17.6. The molecule has 3 aliphatic rings. The van der Waals surface area contributed by atoms with E-state index in [9.17, 15) is 17.2 Å². The first kappa shape index (κ1) is 20.9. The van der Waals surface area contributed by atoms with Crippen molar-refractivity contribution in [1.29, 1.82) is 0 Å². The standard InChI is InChI=1S/C19H19F2N3O4S2/c1-27-13-7-2-3-8-14(13)29-15-9-10-16(19-18(15)22-28-23-19)30(25,26)24-12-6-4-5-11(20)17(12)21/h2-4,6-7,9,11,14,16,24H,5,8,10H2,1H3. The Kier molecular flexibility index (Phi) is 5.83. The molecule has 4 rings (SSSR count). The summed E-state index contributed by atoms with van der Waals surface area (Å²) in [6.45, 7) is 0. The summed E-state index contributed by atoms with van der Waals surface area (Å²) in [6.07, 6.45) is 8.99. The van der Waals surface area contributed by atoms with Crippen LogP contribution in [0.25, 0.3) is 4.91 Å². The van der Waals surface area contributed by atoms with E-state index in [0.717, 1.165) is 17.1 Å². The summed E-state index contributed by atoms with van der Waals surface area (Å²) in [5, 5.41) is 6.55. The zero-order valence-electron chi connectivity index (χ0n) is 15.9. The molecule has 160 valence electrons. The number of ether oxygens (including phenoxy) is 1. The molecule has 0 aromatic carbocycles. The Morgan fingerprint density at radius 1 is 1.27 bits per heavy atom. The minimum atomic E-state index is -4.12. The van der Waals surface area contributed by atoms with Gasteiger partial charge in [0.2, 0.25) is 10.0 Å². The number of methoxy groups -OCH3 is 1. The highest BCUT2D eigenvalue weighted by atomic mass is 32.2. The third-order valence-electron chi connectivity index (χ3n) is 4.93. The van der Waals surface area contributed by atoms with Crippen molar-refractivity contribution in [2.75, 3.05) is 7.11 Å². The molecule has 0 aliphatic heterocycles. The van der Waals surface area contributed by atoms with Gasteiger partial charge < -0.3 is 4.74 Å². The van der Waals surface area contributed by atoms with Gasteiger partial charge in [0.1, 0.15) is 22.4 Å². The van der Waals surface area contributed by atoms with E-state index in [1.165, 1.54) is 23.9 Å². The van der Waals surface area contributed by atoms with Gasteiger partial charge in [0, 0.05) is 11.3 Å². The van der Waals surface area contributed by atoms with Crippen LogP contribution in [0.3, 0.4) is 0 Å². The van der Waals surface area contributed by atoms with Crippen LogP contribution in [0.2, 0.25) is 0 Å². The van der Waals surface area contributed by atoms with Gasteiger partial charge in [-0.1, -0.05) is 29.5 Å². The highest BCUT2D eigenvalue weighted by molar-refractivity contribution is 8.09. The number of aromatic nitrogens is 2. The van der Waals surface area contributed by atoms with Gasteiger partial charge >= 0.3 is 0 Å². The predicted octanol–water partition coefficient (Wildman–Crippen LogP) is 3.85. The maximum atomic E-state index is 14.0. The van der Waals surface area contributed by atoms with Crippen molar-refractivity contribution in [2.24, 2.45) is 0 Å². The molecule has 0 bridgehead atoms. The number of sulfonamides is 1. The van der Waals surface area contributed by atoms with E-state index in [1.54, 1.807) is 13.2 Å². The van der Waals surface area contributed by atoms with Crippen LogP contribution in [0, 0.1) is 0 Å². The van der Waals surface area contributed by atoms with Crippen molar-refractivity contribution >= 4 is 26.7 Å². The van der Waals surface area contributed by atoms with Crippen LogP contribution < -0.4 is 4.72 Å². The summed E-state index contributed by atoms with van der Waals surface area (Å²) in [4.78, 5) is 0.729. The smallest absolute Gasteiger partial charge is 0.242 e. The van der Waals surface area contributed by atoms with E-state index >= 15 is 0 Å². The molecule has 1 aromatic heterocycles. The van der Waals surface area contributed by atoms with Crippen molar-refractivity contribution in [1.82, 2.24) is 15.0 Å². The Morgan fingerprint density at radius 3 is 2.90 bits per heavy atom. The predicted molar refractivity (Wildman–Crippen MR) is 109 cm³/mol. The van der Waals surface area contributed by atoms with Crippen molar-refractivity contribution in [3.8, 4) is 0 Å². The molecule has 0 spiro atoms. The number of allylic oxidation sites excluding steroid dienone is 7. The number of nitrogens with zero attached hydrogens (tertiary/aromatic N) is 2. The third-order valence-corrected chi connectivity index (χ3v) is 7.92. The highest BCUT2D eigenvalue weighted by Gasteiger charge is 2.38. The molecule has 0 fully saturated rings. The fourth-order valence-corrected chi connectivity index (χ4v) is 6.05. The van der Waals surface area contributed by atoms with Gasteiger partial charge in [-0.25, -0.2) is 21.8 Å². The summed E-state index contributed by atoms with van der Waals surface area (Å²) >= 11 is 1.48. The van der Waals surface area contributed by atoms with Crippen LogP contribution in [0.15, 0.2) is 58.4 Å². The molecule has 11 heteroatoms. The van der Waals surface area contributed by atoms with E-state index in [4.69, 9.17) is 9.37 Å². The topological polar surface area (TPSA) is 94.3 Å². The molecule has 1 aromatic rings. The summed E-state index contributed by atoms with van der Waals surface area (Å²) in [6, 6.07) is 0. The maximum absolute atomic E-state index is 14.0. The van der Waals surface area contributed by atoms with Crippen molar-refractivity contribution in [3.05, 3.63) is 65.1 Å². The maximum Gasteiger partial charge on any atom is 0.242 e. The first-order chi connectivity index (χ1) is 14.4. The quantitative estimate of drug-likeness (QED) is 0.696. The molecule has 3 unspecified atom stereocenters. The van der Waals surface area contributed by atoms with Gasteiger partial charge in [0.25, 0.3) is 0 Å². The normalized spacial score (nSPS) is 26.2. The first-order valence-electron chi connectivity index (χ1n) is 9.23. The molecule has 1 N–H and O–H groups in total. The lowest BCUT2D eigenvalue weighted by Gasteiger charge is -2.24. The van der Waals surface area contributed by atoms with Crippen LogP contribution in [0.5, 0.6) is 0 Å². The van der Waals surface area contributed by atoms with E-state index in [-0.39, 0.29) is 23.8 Å². The van der Waals surface area contributed by atoms with Crippen LogP contribution in [-0.4, -0.2) is 37.3 Å². The summed E-state index contributed by atoms with van der Waals surface area (Å²) in [7, 11) is -2.53. The summed E-state index contributed by atoms with van der Waals surface area (Å²) < 4.78 is 65.8. The number of thioether (sulfide) groups is 1. The lowest BCUT2D eigenvalue weighted by Crippen LogP contribution is -2.31. The lowest BCUT2D eigenvalue weighted by atomic mass is 10.1. The van der Waals surface area contributed by atoms with E-state index in [0.29, 0.717) is 5.69 Å². The average molecular weight is 456 g/mol. The van der Waals surface area contributed by atoms with E-state index in [1.807, 2.05) is 18.2 Å². The monoisotopic (exact) mass is 455 g/mol. The molecule has 3 aliphatic carbocycles. The summed E-state index contributed by atoms with van der Waals surface area (Å²) in [5.41, 5.74) is 0.0582. The molecule has 7 nitrogen and oxygen atoms in total. The van der Waals surface area contributed by atoms with Crippen LogP contribution in [-0.2, 0) is 14.8 Å². The van der Waals surface area contributed by atoms with Crippen LogP contribution >= 0.6 is 11.8 Å². The Balaban J connectivity index is 1.57. The van der Waals surface area contributed by atoms with Gasteiger partial charge in [0.05, 0.1) is 18.1 Å². The largest absolute Gasteiger partial charge is 0.500 e. The molecular formula is C19H19F2N3O4S2.